The highest BCUT2D eigenvalue weighted by Gasteiger charge is 2.42. The van der Waals surface area contributed by atoms with Crippen LogP contribution in [-0.2, 0) is 4.74 Å². The molecule has 1 aromatic heterocycles. The zero-order valence-corrected chi connectivity index (χ0v) is 21.5. The Morgan fingerprint density at radius 3 is 2.51 bits per heavy atom. The molecule has 1 saturated heterocycles. The fourth-order valence-corrected chi connectivity index (χ4v) is 5.12. The van der Waals surface area contributed by atoms with E-state index in [1.807, 2.05) is 25.1 Å². The van der Waals surface area contributed by atoms with Gasteiger partial charge in [0, 0.05) is 32.2 Å². The summed E-state index contributed by atoms with van der Waals surface area (Å²) in [5.74, 6) is 1.49. The molecule has 0 spiro atoms. The normalized spacial score (nSPS) is 17.8. The molecule has 5 rings (SSSR count). The van der Waals surface area contributed by atoms with Crippen LogP contribution in [0.25, 0.3) is 11.0 Å². The van der Waals surface area contributed by atoms with E-state index < -0.39 is 6.04 Å². The highest BCUT2D eigenvalue weighted by molar-refractivity contribution is 5.99. The van der Waals surface area contributed by atoms with Gasteiger partial charge >= 0.3 is 0 Å². The van der Waals surface area contributed by atoms with Gasteiger partial charge in [0.2, 0.25) is 5.76 Å². The first-order chi connectivity index (χ1) is 18.0. The number of methoxy groups -OCH3 is 2. The molecule has 0 radical (unpaired) electrons. The predicted molar refractivity (Wildman–Crippen MR) is 138 cm³/mol. The molecule has 0 bridgehead atoms. The summed E-state index contributed by atoms with van der Waals surface area (Å²) in [6.45, 7) is 6.90. The van der Waals surface area contributed by atoms with E-state index >= 15 is 0 Å². The van der Waals surface area contributed by atoms with Crippen LogP contribution in [0.5, 0.6) is 17.2 Å². The summed E-state index contributed by atoms with van der Waals surface area (Å²) < 4.78 is 28.1. The molecule has 0 aliphatic carbocycles. The van der Waals surface area contributed by atoms with Gasteiger partial charge in [-0.1, -0.05) is 6.07 Å². The molecule has 37 heavy (non-hydrogen) atoms. The summed E-state index contributed by atoms with van der Waals surface area (Å²) in [7, 11) is 3.12. The lowest BCUT2D eigenvalue weighted by Crippen LogP contribution is -2.38. The first-order valence-electron chi connectivity index (χ1n) is 12.6. The number of morpholine rings is 1. The van der Waals surface area contributed by atoms with Crippen molar-refractivity contribution in [1.29, 1.82) is 0 Å². The first kappa shape index (κ1) is 25.1. The van der Waals surface area contributed by atoms with Crippen LogP contribution >= 0.6 is 0 Å². The smallest absolute Gasteiger partial charge is 0.290 e. The van der Waals surface area contributed by atoms with Crippen molar-refractivity contribution in [3.8, 4) is 17.2 Å². The maximum atomic E-state index is 13.8. The van der Waals surface area contributed by atoms with E-state index in [-0.39, 0.29) is 17.1 Å². The number of hydrogen-bond donors (Lipinski definition) is 0. The molecule has 196 valence electrons. The highest BCUT2D eigenvalue weighted by Crippen LogP contribution is 2.41. The standard InChI is InChI=1S/C28H32N2O7/c1-4-36-21-9-6-18(16-23(21)34-3)25-24-26(31)20-8-7-19(33-2)17-22(20)37-27(24)28(32)30(25)11-5-10-29-12-14-35-15-13-29/h6-9,16-17,25H,4-5,10-15H2,1-3H3. The molecule has 9 nitrogen and oxygen atoms in total. The number of carbonyl (C=O) groups excluding carboxylic acids is 1. The molecule has 2 aromatic carbocycles. The van der Waals surface area contributed by atoms with E-state index in [1.165, 1.54) is 0 Å². The van der Waals surface area contributed by atoms with Gasteiger partial charge in [0.05, 0.1) is 51.0 Å². The van der Waals surface area contributed by atoms with Gasteiger partial charge in [-0.25, -0.2) is 0 Å². The van der Waals surface area contributed by atoms with Crippen LogP contribution in [0.2, 0.25) is 0 Å². The largest absolute Gasteiger partial charge is 0.497 e. The van der Waals surface area contributed by atoms with Crippen LogP contribution < -0.4 is 19.6 Å². The molecular weight excluding hydrogens is 476 g/mol. The summed E-state index contributed by atoms with van der Waals surface area (Å²) >= 11 is 0. The minimum atomic E-state index is -0.598. The van der Waals surface area contributed by atoms with Gasteiger partial charge in [0.15, 0.2) is 16.9 Å². The van der Waals surface area contributed by atoms with Gasteiger partial charge in [0.1, 0.15) is 11.3 Å². The number of ether oxygens (including phenoxy) is 4. The van der Waals surface area contributed by atoms with Gasteiger partial charge in [-0.3, -0.25) is 14.5 Å². The number of amides is 1. The summed E-state index contributed by atoms with van der Waals surface area (Å²) in [5.41, 5.74) is 1.22. The molecule has 2 aliphatic rings. The van der Waals surface area contributed by atoms with E-state index in [4.69, 9.17) is 23.4 Å². The maximum absolute atomic E-state index is 13.8. The second-order valence-electron chi connectivity index (χ2n) is 9.09. The number of rotatable bonds is 9. The minimum absolute atomic E-state index is 0.0787. The second kappa shape index (κ2) is 10.8. The third-order valence-corrected chi connectivity index (χ3v) is 6.96. The molecule has 1 unspecified atom stereocenters. The van der Waals surface area contributed by atoms with Crippen LogP contribution in [0.15, 0.2) is 45.6 Å². The zero-order valence-electron chi connectivity index (χ0n) is 21.5. The SMILES string of the molecule is CCOc1ccc(C2c3c(oc4cc(OC)ccc4c3=O)C(=O)N2CCCN2CCOCC2)cc1OC. The first-order valence-corrected chi connectivity index (χ1v) is 12.6. The zero-order chi connectivity index (χ0) is 25.9. The van der Waals surface area contributed by atoms with Crippen LogP contribution in [-0.4, -0.2) is 75.9 Å². The second-order valence-corrected chi connectivity index (χ2v) is 9.09. The quantitative estimate of drug-likeness (QED) is 0.434. The van der Waals surface area contributed by atoms with Crippen molar-refractivity contribution >= 4 is 16.9 Å². The lowest BCUT2D eigenvalue weighted by Gasteiger charge is -2.29. The van der Waals surface area contributed by atoms with Gasteiger partial charge in [-0.15, -0.1) is 0 Å². The van der Waals surface area contributed by atoms with E-state index in [0.717, 1.165) is 44.8 Å². The summed E-state index contributed by atoms with van der Waals surface area (Å²) in [6, 6.07) is 9.98. The Kier molecular flexibility index (Phi) is 7.34. The van der Waals surface area contributed by atoms with Crippen LogP contribution in [0.1, 0.15) is 41.1 Å². The van der Waals surface area contributed by atoms with Gasteiger partial charge in [-0.05, 0) is 43.2 Å². The summed E-state index contributed by atoms with van der Waals surface area (Å²) in [4.78, 5) is 31.6. The molecular formula is C28H32N2O7. The van der Waals surface area contributed by atoms with Gasteiger partial charge < -0.3 is 28.3 Å². The molecule has 0 saturated carbocycles. The minimum Gasteiger partial charge on any atom is -0.497 e. The fraction of sp³-hybridized carbons (Fsp3) is 0.429. The van der Waals surface area contributed by atoms with Crippen molar-refractivity contribution in [3.05, 3.63) is 63.5 Å². The van der Waals surface area contributed by atoms with Crippen LogP contribution in [0.4, 0.5) is 0 Å². The molecule has 3 aromatic rings. The molecule has 1 fully saturated rings. The van der Waals surface area contributed by atoms with E-state index in [1.54, 1.807) is 37.3 Å². The number of benzene rings is 2. The molecule has 1 amide bonds. The van der Waals surface area contributed by atoms with Crippen molar-refractivity contribution in [2.24, 2.45) is 0 Å². The van der Waals surface area contributed by atoms with Crippen molar-refractivity contribution in [2.75, 3.05) is 60.2 Å². The maximum Gasteiger partial charge on any atom is 0.290 e. The van der Waals surface area contributed by atoms with E-state index in [2.05, 4.69) is 4.90 Å². The molecule has 3 heterocycles. The van der Waals surface area contributed by atoms with Crippen LogP contribution in [0.3, 0.4) is 0 Å². The number of hydrogen-bond acceptors (Lipinski definition) is 8. The van der Waals surface area contributed by atoms with Gasteiger partial charge in [0.25, 0.3) is 5.91 Å². The lowest BCUT2D eigenvalue weighted by molar-refractivity contribution is 0.0353. The van der Waals surface area contributed by atoms with Crippen molar-refractivity contribution in [1.82, 2.24) is 9.80 Å². The van der Waals surface area contributed by atoms with Gasteiger partial charge in [-0.2, -0.15) is 0 Å². The Morgan fingerprint density at radius 2 is 1.78 bits per heavy atom. The number of fused-ring (bicyclic) bond motifs is 2. The van der Waals surface area contributed by atoms with Crippen molar-refractivity contribution < 1.29 is 28.2 Å². The molecule has 9 heteroatoms. The molecule has 2 aliphatic heterocycles. The lowest BCUT2D eigenvalue weighted by atomic mass is 9.98. The average Bonchev–Trinajstić information content (AvgIpc) is 3.21. The van der Waals surface area contributed by atoms with E-state index in [0.29, 0.717) is 46.9 Å². The Morgan fingerprint density at radius 1 is 0.973 bits per heavy atom. The highest BCUT2D eigenvalue weighted by atomic mass is 16.5. The number of nitrogens with zero attached hydrogens (tertiary/aromatic N) is 2. The Bertz CT molecular complexity index is 1350. The third-order valence-electron chi connectivity index (χ3n) is 6.96. The monoisotopic (exact) mass is 508 g/mol. The molecule has 1 atom stereocenters. The Hall–Kier alpha value is -3.56. The average molecular weight is 509 g/mol. The Labute approximate surface area is 215 Å². The topological polar surface area (TPSA) is 90.7 Å². The fourth-order valence-electron chi connectivity index (χ4n) is 5.12. The van der Waals surface area contributed by atoms with E-state index in [9.17, 15) is 9.59 Å². The van der Waals surface area contributed by atoms with Crippen molar-refractivity contribution in [2.45, 2.75) is 19.4 Å². The van der Waals surface area contributed by atoms with Crippen LogP contribution in [0, 0.1) is 0 Å². The Balaban J connectivity index is 1.56. The third kappa shape index (κ3) is 4.76. The summed E-state index contributed by atoms with van der Waals surface area (Å²) in [5, 5.41) is 0.408. The number of carbonyl (C=O) groups is 1. The van der Waals surface area contributed by atoms with Crippen molar-refractivity contribution in [3.63, 3.8) is 0 Å². The predicted octanol–water partition coefficient (Wildman–Crippen LogP) is 3.48. The summed E-state index contributed by atoms with van der Waals surface area (Å²) in [6.07, 6.45) is 0.756. The molecule has 0 N–H and O–H groups in total.